The lowest BCUT2D eigenvalue weighted by molar-refractivity contribution is -0.122. The number of rotatable bonds is 8. The van der Waals surface area contributed by atoms with Gasteiger partial charge in [-0.1, -0.05) is 37.6 Å². The fraction of sp³-hybridized carbons (Fsp3) is 0.562. The number of carbonyl (C=O) groups excluding carboxylic acids is 1. The fourth-order valence-electron chi connectivity index (χ4n) is 2.05. The summed E-state index contributed by atoms with van der Waals surface area (Å²) in [5.74, 6) is 0.685. The van der Waals surface area contributed by atoms with Crippen molar-refractivity contribution in [2.75, 3.05) is 6.54 Å². The molecule has 0 fully saturated rings. The maximum Gasteiger partial charge on any atom is 0.220 e. The van der Waals surface area contributed by atoms with Gasteiger partial charge < -0.3 is 11.1 Å². The first-order valence-corrected chi connectivity index (χ1v) is 7.65. The van der Waals surface area contributed by atoms with Crippen molar-refractivity contribution in [3.8, 4) is 0 Å². The Kier molecular flexibility index (Phi) is 10.5. The Bertz CT molecular complexity index is 407. The van der Waals surface area contributed by atoms with Crippen LogP contribution in [0.25, 0.3) is 0 Å². The van der Waals surface area contributed by atoms with Crippen LogP contribution in [0.15, 0.2) is 24.3 Å². The summed E-state index contributed by atoms with van der Waals surface area (Å²) in [6, 6.07) is 7.75. The Labute approximate surface area is 139 Å². The Hall–Kier alpha value is -0.770. The van der Waals surface area contributed by atoms with Crippen molar-refractivity contribution in [2.45, 2.75) is 45.6 Å². The molecule has 0 aliphatic heterocycles. The number of carbonyl (C=O) groups is 1. The highest BCUT2D eigenvalue weighted by Crippen LogP contribution is 2.23. The van der Waals surface area contributed by atoms with E-state index in [1.54, 1.807) is 0 Å². The normalized spacial score (nSPS) is 11.9. The Morgan fingerprint density at radius 3 is 2.38 bits per heavy atom. The molecule has 0 aliphatic carbocycles. The van der Waals surface area contributed by atoms with Gasteiger partial charge in [-0.2, -0.15) is 0 Å². The third-order valence-electron chi connectivity index (χ3n) is 3.25. The van der Waals surface area contributed by atoms with Crippen LogP contribution in [0.2, 0.25) is 5.02 Å². The molecule has 3 nitrogen and oxygen atoms in total. The molecule has 0 radical (unpaired) electrons. The van der Waals surface area contributed by atoms with E-state index in [0.29, 0.717) is 23.9 Å². The van der Waals surface area contributed by atoms with Crippen LogP contribution in [0.5, 0.6) is 0 Å². The summed E-state index contributed by atoms with van der Waals surface area (Å²) in [5, 5.41) is 3.82. The first-order chi connectivity index (χ1) is 9.52. The molecule has 3 N–H and O–H groups in total. The number of hydrogen-bond acceptors (Lipinski definition) is 2. The second-order valence-corrected chi connectivity index (χ2v) is 5.97. The average molecular weight is 333 g/mol. The summed E-state index contributed by atoms with van der Waals surface area (Å²) in [6.07, 6.45) is 3.23. The van der Waals surface area contributed by atoms with Crippen LogP contribution in [-0.2, 0) is 4.79 Å². The zero-order chi connectivity index (χ0) is 15.0. The molecule has 0 aromatic heterocycles. The molecule has 0 bridgehead atoms. The van der Waals surface area contributed by atoms with Gasteiger partial charge in [0.2, 0.25) is 5.91 Å². The largest absolute Gasteiger partial charge is 0.349 e. The van der Waals surface area contributed by atoms with Gasteiger partial charge in [-0.15, -0.1) is 12.4 Å². The standard InChI is InChI=1S/C16H25ClN2O.ClH/c1-12(2)5-10-15(19-16(20)4-3-11-18)13-6-8-14(17)9-7-13;/h6-9,12,15H,3-5,10-11,18H2,1-2H3,(H,19,20);1H. The second kappa shape index (κ2) is 10.9. The molecule has 0 saturated heterocycles. The maximum absolute atomic E-state index is 11.9. The smallest absolute Gasteiger partial charge is 0.220 e. The minimum atomic E-state index is 0. The molecular weight excluding hydrogens is 307 g/mol. The van der Waals surface area contributed by atoms with Gasteiger partial charge in [0.15, 0.2) is 0 Å². The minimum absolute atomic E-state index is 0. The van der Waals surface area contributed by atoms with Gasteiger partial charge in [0.1, 0.15) is 0 Å². The Balaban J connectivity index is 0.00000400. The Morgan fingerprint density at radius 2 is 1.86 bits per heavy atom. The summed E-state index contributed by atoms with van der Waals surface area (Å²) in [7, 11) is 0. The molecule has 0 aliphatic rings. The number of nitrogens with two attached hydrogens (primary N) is 1. The monoisotopic (exact) mass is 332 g/mol. The van der Waals surface area contributed by atoms with Gasteiger partial charge in [0.05, 0.1) is 6.04 Å². The zero-order valence-corrected chi connectivity index (χ0v) is 14.3. The lowest BCUT2D eigenvalue weighted by Crippen LogP contribution is -2.29. The van der Waals surface area contributed by atoms with E-state index in [-0.39, 0.29) is 24.4 Å². The van der Waals surface area contributed by atoms with Gasteiger partial charge in [0.25, 0.3) is 0 Å². The molecule has 1 rings (SSSR count). The number of benzene rings is 1. The SMILES string of the molecule is CC(C)CCC(NC(=O)CCCN)c1ccc(Cl)cc1.Cl. The van der Waals surface area contributed by atoms with E-state index in [0.717, 1.165) is 24.8 Å². The molecule has 1 aromatic carbocycles. The van der Waals surface area contributed by atoms with Gasteiger partial charge in [0, 0.05) is 11.4 Å². The third kappa shape index (κ3) is 8.30. The van der Waals surface area contributed by atoms with E-state index in [1.165, 1.54) is 0 Å². The predicted molar refractivity (Wildman–Crippen MR) is 91.9 cm³/mol. The van der Waals surface area contributed by atoms with E-state index in [9.17, 15) is 4.79 Å². The molecule has 120 valence electrons. The molecule has 1 unspecified atom stereocenters. The summed E-state index contributed by atoms with van der Waals surface area (Å²) in [6.45, 7) is 4.93. The third-order valence-corrected chi connectivity index (χ3v) is 3.50. The summed E-state index contributed by atoms with van der Waals surface area (Å²) in [4.78, 5) is 11.9. The van der Waals surface area contributed by atoms with E-state index < -0.39 is 0 Å². The maximum atomic E-state index is 11.9. The summed E-state index contributed by atoms with van der Waals surface area (Å²) < 4.78 is 0. The highest BCUT2D eigenvalue weighted by Gasteiger charge is 2.14. The van der Waals surface area contributed by atoms with E-state index in [2.05, 4.69) is 19.2 Å². The molecule has 5 heteroatoms. The van der Waals surface area contributed by atoms with Crippen LogP contribution in [0, 0.1) is 5.92 Å². The van der Waals surface area contributed by atoms with Crippen molar-refractivity contribution < 1.29 is 4.79 Å². The van der Waals surface area contributed by atoms with Gasteiger partial charge >= 0.3 is 0 Å². The topological polar surface area (TPSA) is 55.1 Å². The van der Waals surface area contributed by atoms with E-state index in [1.807, 2.05) is 24.3 Å². The molecule has 0 spiro atoms. The Morgan fingerprint density at radius 1 is 1.24 bits per heavy atom. The molecule has 1 atom stereocenters. The number of nitrogens with one attached hydrogen (secondary N) is 1. The molecule has 21 heavy (non-hydrogen) atoms. The summed E-state index contributed by atoms with van der Waals surface area (Å²) >= 11 is 5.92. The number of amides is 1. The second-order valence-electron chi connectivity index (χ2n) is 5.54. The van der Waals surface area contributed by atoms with Crippen molar-refractivity contribution in [3.63, 3.8) is 0 Å². The lowest BCUT2D eigenvalue weighted by atomic mass is 9.97. The predicted octanol–water partition coefficient (Wildman–Crippen LogP) is 4.09. The minimum Gasteiger partial charge on any atom is -0.349 e. The number of hydrogen-bond donors (Lipinski definition) is 2. The average Bonchev–Trinajstić information content (AvgIpc) is 2.42. The van der Waals surface area contributed by atoms with Crippen LogP contribution in [0.1, 0.15) is 51.1 Å². The zero-order valence-electron chi connectivity index (χ0n) is 12.8. The highest BCUT2D eigenvalue weighted by atomic mass is 35.5. The van der Waals surface area contributed by atoms with Crippen molar-refractivity contribution in [1.82, 2.24) is 5.32 Å². The number of halogens is 2. The molecular formula is C16H26Cl2N2O. The van der Waals surface area contributed by atoms with Gasteiger partial charge in [-0.25, -0.2) is 0 Å². The van der Waals surface area contributed by atoms with Crippen LogP contribution < -0.4 is 11.1 Å². The van der Waals surface area contributed by atoms with Crippen molar-refractivity contribution in [3.05, 3.63) is 34.9 Å². The van der Waals surface area contributed by atoms with Crippen molar-refractivity contribution in [2.24, 2.45) is 11.7 Å². The van der Waals surface area contributed by atoms with E-state index in [4.69, 9.17) is 17.3 Å². The van der Waals surface area contributed by atoms with E-state index >= 15 is 0 Å². The highest BCUT2D eigenvalue weighted by molar-refractivity contribution is 6.30. The lowest BCUT2D eigenvalue weighted by Gasteiger charge is -2.20. The fourth-order valence-corrected chi connectivity index (χ4v) is 2.17. The van der Waals surface area contributed by atoms with Crippen molar-refractivity contribution in [1.29, 1.82) is 0 Å². The van der Waals surface area contributed by atoms with Crippen LogP contribution >= 0.6 is 24.0 Å². The molecule has 1 amide bonds. The first-order valence-electron chi connectivity index (χ1n) is 7.27. The molecule has 0 heterocycles. The van der Waals surface area contributed by atoms with Crippen molar-refractivity contribution >= 4 is 29.9 Å². The summed E-state index contributed by atoms with van der Waals surface area (Å²) in [5.41, 5.74) is 6.55. The molecule has 0 saturated carbocycles. The van der Waals surface area contributed by atoms with Gasteiger partial charge in [-0.05, 0) is 49.4 Å². The van der Waals surface area contributed by atoms with Crippen LogP contribution in [-0.4, -0.2) is 12.5 Å². The van der Waals surface area contributed by atoms with Crippen LogP contribution in [0.3, 0.4) is 0 Å². The molecule has 1 aromatic rings. The van der Waals surface area contributed by atoms with Gasteiger partial charge in [-0.3, -0.25) is 4.79 Å². The first kappa shape index (κ1) is 20.2. The quantitative estimate of drug-likeness (QED) is 0.753. The van der Waals surface area contributed by atoms with Crippen LogP contribution in [0.4, 0.5) is 0 Å².